The molecule has 2 rings (SSSR count). The van der Waals surface area contributed by atoms with Crippen molar-refractivity contribution in [3.05, 3.63) is 0 Å². The fraction of sp³-hybridized carbons (Fsp3) is 0.875. The molecule has 12 heavy (non-hydrogen) atoms. The summed E-state index contributed by atoms with van der Waals surface area (Å²) in [5.74, 6) is 0.359. The first-order valence-electron chi connectivity index (χ1n) is 4.20. The van der Waals surface area contributed by atoms with Crippen molar-refractivity contribution in [1.82, 2.24) is 4.90 Å². The van der Waals surface area contributed by atoms with Crippen LogP contribution in [0.5, 0.6) is 0 Å². The SMILES string of the molecule is COC1CN(C(=O)C2COC2)C1. The summed E-state index contributed by atoms with van der Waals surface area (Å²) >= 11 is 0. The number of rotatable bonds is 2. The number of amides is 1. The molecule has 2 fully saturated rings. The van der Waals surface area contributed by atoms with Gasteiger partial charge in [0.25, 0.3) is 0 Å². The lowest BCUT2D eigenvalue weighted by Crippen LogP contribution is -2.58. The summed E-state index contributed by atoms with van der Waals surface area (Å²) in [6.45, 7) is 2.72. The molecule has 4 nitrogen and oxygen atoms in total. The first kappa shape index (κ1) is 8.01. The standard InChI is InChI=1S/C8H13NO3/c1-11-7-2-9(3-7)8(10)6-4-12-5-6/h6-7H,2-5H2,1H3. The molecule has 0 aromatic carbocycles. The molecule has 4 heteroatoms. The van der Waals surface area contributed by atoms with Crippen molar-refractivity contribution in [2.45, 2.75) is 6.10 Å². The quantitative estimate of drug-likeness (QED) is 0.561. The average Bonchev–Trinajstić information content (AvgIpc) is 1.80. The van der Waals surface area contributed by atoms with Gasteiger partial charge in [0, 0.05) is 20.2 Å². The van der Waals surface area contributed by atoms with Crippen molar-refractivity contribution in [3.63, 3.8) is 0 Å². The van der Waals surface area contributed by atoms with E-state index in [1.165, 1.54) is 0 Å². The second-order valence-corrected chi connectivity index (χ2v) is 3.34. The summed E-state index contributed by atoms with van der Waals surface area (Å²) in [5, 5.41) is 0. The molecule has 0 atom stereocenters. The second-order valence-electron chi connectivity index (χ2n) is 3.34. The predicted octanol–water partition coefficient (Wildman–Crippen LogP) is -0.510. The lowest BCUT2D eigenvalue weighted by molar-refractivity contribution is -0.161. The van der Waals surface area contributed by atoms with Crippen molar-refractivity contribution < 1.29 is 14.3 Å². The molecule has 0 spiro atoms. The highest BCUT2D eigenvalue weighted by atomic mass is 16.5. The van der Waals surface area contributed by atoms with E-state index in [0.717, 1.165) is 13.1 Å². The number of ether oxygens (including phenoxy) is 2. The van der Waals surface area contributed by atoms with Crippen LogP contribution in [-0.2, 0) is 14.3 Å². The number of carbonyl (C=O) groups is 1. The van der Waals surface area contributed by atoms with E-state index >= 15 is 0 Å². The van der Waals surface area contributed by atoms with Crippen molar-refractivity contribution >= 4 is 5.91 Å². The monoisotopic (exact) mass is 171 g/mol. The van der Waals surface area contributed by atoms with Crippen LogP contribution < -0.4 is 0 Å². The molecule has 2 saturated heterocycles. The Bertz CT molecular complexity index is 185. The molecule has 68 valence electrons. The van der Waals surface area contributed by atoms with Crippen molar-refractivity contribution in [2.24, 2.45) is 5.92 Å². The van der Waals surface area contributed by atoms with E-state index in [-0.39, 0.29) is 17.9 Å². The third-order valence-corrected chi connectivity index (χ3v) is 2.48. The van der Waals surface area contributed by atoms with Gasteiger partial charge in [0.1, 0.15) is 0 Å². The van der Waals surface area contributed by atoms with Gasteiger partial charge >= 0.3 is 0 Å². The first-order chi connectivity index (χ1) is 5.81. The minimum absolute atomic E-state index is 0.128. The van der Waals surface area contributed by atoms with Gasteiger partial charge in [-0.05, 0) is 0 Å². The Balaban J connectivity index is 1.76. The smallest absolute Gasteiger partial charge is 0.230 e. The normalized spacial score (nSPS) is 24.9. The maximum Gasteiger partial charge on any atom is 0.230 e. The van der Waals surface area contributed by atoms with Gasteiger partial charge in [-0.2, -0.15) is 0 Å². The van der Waals surface area contributed by atoms with Gasteiger partial charge in [0.15, 0.2) is 0 Å². The van der Waals surface area contributed by atoms with E-state index in [4.69, 9.17) is 9.47 Å². The highest BCUT2D eigenvalue weighted by molar-refractivity contribution is 5.80. The molecule has 0 unspecified atom stereocenters. The number of hydrogen-bond donors (Lipinski definition) is 0. The number of nitrogens with zero attached hydrogens (tertiary/aromatic N) is 1. The van der Waals surface area contributed by atoms with Crippen molar-refractivity contribution in [1.29, 1.82) is 0 Å². The fourth-order valence-corrected chi connectivity index (χ4v) is 1.40. The van der Waals surface area contributed by atoms with Crippen molar-refractivity contribution in [3.8, 4) is 0 Å². The Labute approximate surface area is 71.4 Å². The molecule has 0 radical (unpaired) electrons. The first-order valence-corrected chi connectivity index (χ1v) is 4.20. The Morgan fingerprint density at radius 3 is 2.58 bits per heavy atom. The molecule has 0 aliphatic carbocycles. The second kappa shape index (κ2) is 3.03. The van der Waals surface area contributed by atoms with Crippen LogP contribution in [0.1, 0.15) is 0 Å². The molecule has 0 bridgehead atoms. The number of methoxy groups -OCH3 is 1. The van der Waals surface area contributed by atoms with Crippen LogP contribution in [0.15, 0.2) is 0 Å². The predicted molar refractivity (Wildman–Crippen MR) is 41.7 cm³/mol. The Kier molecular flexibility index (Phi) is 2.02. The van der Waals surface area contributed by atoms with E-state index in [1.807, 2.05) is 4.90 Å². The maximum absolute atomic E-state index is 11.5. The van der Waals surface area contributed by atoms with E-state index in [0.29, 0.717) is 13.2 Å². The number of carbonyl (C=O) groups excluding carboxylic acids is 1. The van der Waals surface area contributed by atoms with Gasteiger partial charge in [0.05, 0.1) is 25.2 Å². The van der Waals surface area contributed by atoms with Gasteiger partial charge in [0.2, 0.25) is 5.91 Å². The largest absolute Gasteiger partial charge is 0.380 e. The molecule has 2 aliphatic rings. The topological polar surface area (TPSA) is 38.8 Å². The summed E-state index contributed by atoms with van der Waals surface area (Å²) in [5.41, 5.74) is 0. The summed E-state index contributed by atoms with van der Waals surface area (Å²) in [6.07, 6.45) is 0.259. The highest BCUT2D eigenvalue weighted by Gasteiger charge is 2.37. The van der Waals surface area contributed by atoms with Gasteiger partial charge in [-0.3, -0.25) is 4.79 Å². The van der Waals surface area contributed by atoms with Crippen molar-refractivity contribution in [2.75, 3.05) is 33.4 Å². The van der Waals surface area contributed by atoms with Crippen LogP contribution in [-0.4, -0.2) is 50.3 Å². The number of hydrogen-bond acceptors (Lipinski definition) is 3. The molecule has 0 aromatic rings. The minimum atomic E-state index is 0.128. The van der Waals surface area contributed by atoms with Crippen LogP contribution in [0.2, 0.25) is 0 Å². The molecular weight excluding hydrogens is 158 g/mol. The Hall–Kier alpha value is -0.610. The molecule has 0 saturated carbocycles. The molecule has 2 aliphatic heterocycles. The summed E-state index contributed by atoms with van der Waals surface area (Å²) in [7, 11) is 1.68. The van der Waals surface area contributed by atoms with Crippen LogP contribution >= 0.6 is 0 Å². The summed E-state index contributed by atoms with van der Waals surface area (Å²) < 4.78 is 10.0. The fourth-order valence-electron chi connectivity index (χ4n) is 1.40. The molecular formula is C8H13NO3. The Morgan fingerprint density at radius 2 is 2.17 bits per heavy atom. The Morgan fingerprint density at radius 1 is 1.50 bits per heavy atom. The van der Waals surface area contributed by atoms with Gasteiger partial charge < -0.3 is 14.4 Å². The van der Waals surface area contributed by atoms with Crippen LogP contribution in [0.25, 0.3) is 0 Å². The molecule has 0 aromatic heterocycles. The van der Waals surface area contributed by atoms with Crippen LogP contribution in [0.3, 0.4) is 0 Å². The third kappa shape index (κ3) is 1.21. The van der Waals surface area contributed by atoms with Crippen LogP contribution in [0, 0.1) is 5.92 Å². The minimum Gasteiger partial charge on any atom is -0.380 e. The highest BCUT2D eigenvalue weighted by Crippen LogP contribution is 2.19. The van der Waals surface area contributed by atoms with Gasteiger partial charge in [-0.15, -0.1) is 0 Å². The molecule has 0 N–H and O–H groups in total. The zero-order valence-electron chi connectivity index (χ0n) is 7.16. The van der Waals surface area contributed by atoms with E-state index in [1.54, 1.807) is 7.11 Å². The van der Waals surface area contributed by atoms with E-state index in [9.17, 15) is 4.79 Å². The maximum atomic E-state index is 11.5. The lowest BCUT2D eigenvalue weighted by Gasteiger charge is -2.41. The average molecular weight is 171 g/mol. The molecule has 2 heterocycles. The third-order valence-electron chi connectivity index (χ3n) is 2.48. The lowest BCUT2D eigenvalue weighted by atomic mass is 10.0. The summed E-state index contributed by atoms with van der Waals surface area (Å²) in [6, 6.07) is 0. The number of likely N-dealkylation sites (tertiary alicyclic amines) is 1. The summed E-state index contributed by atoms with van der Waals surface area (Å²) in [4.78, 5) is 13.3. The molecule has 1 amide bonds. The van der Waals surface area contributed by atoms with Gasteiger partial charge in [-0.1, -0.05) is 0 Å². The zero-order valence-corrected chi connectivity index (χ0v) is 7.16. The van der Waals surface area contributed by atoms with E-state index in [2.05, 4.69) is 0 Å². The van der Waals surface area contributed by atoms with E-state index < -0.39 is 0 Å². The van der Waals surface area contributed by atoms with Crippen LogP contribution in [0.4, 0.5) is 0 Å². The van der Waals surface area contributed by atoms with Gasteiger partial charge in [-0.25, -0.2) is 0 Å². The zero-order chi connectivity index (χ0) is 8.55.